The van der Waals surface area contributed by atoms with Crippen molar-refractivity contribution in [2.24, 2.45) is 0 Å². The molecule has 0 atom stereocenters. The van der Waals surface area contributed by atoms with Gasteiger partial charge in [-0.2, -0.15) is 0 Å². The normalized spacial score (nSPS) is 11.1. The van der Waals surface area contributed by atoms with Crippen LogP contribution in [0, 0.1) is 0 Å². The van der Waals surface area contributed by atoms with E-state index in [9.17, 15) is 0 Å². The molecule has 0 aromatic carbocycles. The minimum atomic E-state index is -1.49. The zero-order valence-corrected chi connectivity index (χ0v) is 13.6. The van der Waals surface area contributed by atoms with Crippen molar-refractivity contribution in [1.82, 2.24) is 0 Å². The molecular weight excluding hydrogens is 279 g/mol. The Morgan fingerprint density at radius 3 is 1.71 bits per heavy atom. The first-order chi connectivity index (χ1) is 6.85. The van der Waals surface area contributed by atoms with E-state index in [1.165, 1.54) is 47.4 Å². The molecule has 0 aromatic rings. The van der Waals surface area contributed by atoms with Crippen molar-refractivity contribution in [3.63, 3.8) is 0 Å². The van der Waals surface area contributed by atoms with Gasteiger partial charge in [0.1, 0.15) is 0 Å². The van der Waals surface area contributed by atoms with Gasteiger partial charge in [-0.1, -0.05) is 0 Å². The van der Waals surface area contributed by atoms with Gasteiger partial charge in [0.05, 0.1) is 0 Å². The molecule has 0 aliphatic rings. The second kappa shape index (κ2) is 11.8. The first-order valence-corrected chi connectivity index (χ1v) is 12.5. The monoisotopic (exact) mass is 308 g/mol. The van der Waals surface area contributed by atoms with Crippen molar-refractivity contribution in [3.8, 4) is 0 Å². The zero-order chi connectivity index (χ0) is 10.6. The molecule has 0 aliphatic carbocycles. The van der Waals surface area contributed by atoms with Crippen LogP contribution in [0.4, 0.5) is 0 Å². The van der Waals surface area contributed by atoms with Crippen molar-refractivity contribution in [2.45, 2.75) is 68.2 Å². The molecule has 0 amide bonds. The van der Waals surface area contributed by atoms with Crippen LogP contribution in [0.25, 0.3) is 0 Å². The summed E-state index contributed by atoms with van der Waals surface area (Å²) in [7, 11) is 0. The van der Waals surface area contributed by atoms with E-state index in [2.05, 4.69) is 20.8 Å². The van der Waals surface area contributed by atoms with Gasteiger partial charge in [0, 0.05) is 0 Å². The molecule has 86 valence electrons. The first kappa shape index (κ1) is 14.8. The zero-order valence-electron chi connectivity index (χ0n) is 10.3. The Balaban J connectivity index is 3.49. The van der Waals surface area contributed by atoms with Crippen molar-refractivity contribution < 1.29 is 3.07 Å². The Bertz CT molecular complexity index is 98.5. The van der Waals surface area contributed by atoms with Crippen LogP contribution in [-0.2, 0) is 3.07 Å². The van der Waals surface area contributed by atoms with E-state index >= 15 is 0 Å². The summed E-state index contributed by atoms with van der Waals surface area (Å²) in [6, 6.07) is 0. The summed E-state index contributed by atoms with van der Waals surface area (Å²) < 4.78 is 9.04. The van der Waals surface area contributed by atoms with Crippen LogP contribution in [0.15, 0.2) is 0 Å². The molecular formula is C12H28OSn. The van der Waals surface area contributed by atoms with Gasteiger partial charge >= 0.3 is 98.0 Å². The molecule has 0 heterocycles. The molecule has 2 heteroatoms. The predicted octanol–water partition coefficient (Wildman–Crippen LogP) is 4.13. The van der Waals surface area contributed by atoms with Crippen molar-refractivity contribution >= 4 is 20.2 Å². The van der Waals surface area contributed by atoms with Gasteiger partial charge in [-0.25, -0.2) is 0 Å². The Hall–Kier alpha value is 0.759. The molecule has 0 radical (unpaired) electrons. The van der Waals surface area contributed by atoms with E-state index in [0.717, 1.165) is 6.61 Å². The van der Waals surface area contributed by atoms with E-state index < -0.39 is 20.2 Å². The van der Waals surface area contributed by atoms with Gasteiger partial charge in [-0.3, -0.25) is 0 Å². The molecule has 0 unspecified atom stereocenters. The summed E-state index contributed by atoms with van der Waals surface area (Å²) in [5.41, 5.74) is 0. The molecule has 1 nitrogen and oxygen atoms in total. The second-order valence-corrected chi connectivity index (χ2v) is 11.9. The summed E-state index contributed by atoms with van der Waals surface area (Å²) in [6.07, 6.45) is 8.06. The predicted molar refractivity (Wildman–Crippen MR) is 67.4 cm³/mol. The van der Waals surface area contributed by atoms with Crippen LogP contribution >= 0.6 is 0 Å². The van der Waals surface area contributed by atoms with Gasteiger partial charge in [-0.15, -0.1) is 0 Å². The van der Waals surface area contributed by atoms with Gasteiger partial charge in [0.25, 0.3) is 0 Å². The molecule has 0 fully saturated rings. The maximum absolute atomic E-state index is 6.10. The van der Waals surface area contributed by atoms with Crippen LogP contribution in [0.2, 0.25) is 8.87 Å². The van der Waals surface area contributed by atoms with Crippen LogP contribution in [0.5, 0.6) is 0 Å². The van der Waals surface area contributed by atoms with Gasteiger partial charge in [-0.05, 0) is 0 Å². The van der Waals surface area contributed by atoms with E-state index in [1.54, 1.807) is 0 Å². The van der Waals surface area contributed by atoms with E-state index in [4.69, 9.17) is 3.07 Å². The van der Waals surface area contributed by atoms with Crippen LogP contribution in [0.3, 0.4) is 0 Å². The summed E-state index contributed by atoms with van der Waals surface area (Å²) >= 11 is -1.49. The number of rotatable bonds is 10. The summed E-state index contributed by atoms with van der Waals surface area (Å²) in [5, 5.41) is 0. The fraction of sp³-hybridized carbons (Fsp3) is 1.00. The molecule has 0 bridgehead atoms. The minimum absolute atomic E-state index is 1.06. The van der Waals surface area contributed by atoms with Crippen LogP contribution in [-0.4, -0.2) is 26.8 Å². The fourth-order valence-electron chi connectivity index (χ4n) is 1.57. The van der Waals surface area contributed by atoms with E-state index in [-0.39, 0.29) is 0 Å². The van der Waals surface area contributed by atoms with E-state index in [0.29, 0.717) is 0 Å². The third kappa shape index (κ3) is 9.32. The summed E-state index contributed by atoms with van der Waals surface area (Å²) in [6.45, 7) is 7.88. The number of hydrogen-bond acceptors (Lipinski definition) is 1. The van der Waals surface area contributed by atoms with E-state index in [1.807, 2.05) is 0 Å². The summed E-state index contributed by atoms with van der Waals surface area (Å²) in [5.74, 6) is 0. The molecule has 0 N–H and O–H groups in total. The quantitative estimate of drug-likeness (QED) is 0.435. The standard InChI is InChI=1S/C4H9O.2C4H9.Sn.H/c1-2-3-4-5;2*1-3-4-2;;/h2-4H2,1H3;2*1,3-4H2,2H3;;/q-1;;;+1;. The molecule has 0 saturated heterocycles. The number of unbranched alkanes of at least 4 members (excludes halogenated alkanes) is 3. The van der Waals surface area contributed by atoms with Crippen LogP contribution in [0.1, 0.15) is 59.3 Å². The SMILES string of the molecule is CCCC[O][SnH]([CH2]CCC)[CH2]CCC. The number of hydrogen-bond donors (Lipinski definition) is 0. The maximum atomic E-state index is 6.10. The van der Waals surface area contributed by atoms with Crippen molar-refractivity contribution in [3.05, 3.63) is 0 Å². The molecule has 0 aromatic heterocycles. The molecule has 0 aliphatic heterocycles. The summed E-state index contributed by atoms with van der Waals surface area (Å²) in [4.78, 5) is 0. The topological polar surface area (TPSA) is 9.23 Å². The second-order valence-electron chi connectivity index (χ2n) is 4.13. The molecule has 0 spiro atoms. The molecule has 0 rings (SSSR count). The van der Waals surface area contributed by atoms with Crippen molar-refractivity contribution in [1.29, 1.82) is 0 Å². The van der Waals surface area contributed by atoms with Gasteiger partial charge in [0.2, 0.25) is 0 Å². The van der Waals surface area contributed by atoms with Crippen molar-refractivity contribution in [2.75, 3.05) is 6.61 Å². The molecule has 14 heavy (non-hydrogen) atoms. The Morgan fingerprint density at radius 2 is 1.29 bits per heavy atom. The Kier molecular flexibility index (Phi) is 12.5. The van der Waals surface area contributed by atoms with Crippen LogP contribution < -0.4 is 0 Å². The Morgan fingerprint density at radius 1 is 0.786 bits per heavy atom. The molecule has 0 saturated carbocycles. The average Bonchev–Trinajstić information content (AvgIpc) is 2.21. The fourth-order valence-corrected chi connectivity index (χ4v) is 9.70. The third-order valence-corrected chi connectivity index (χ3v) is 10.6. The third-order valence-electron chi connectivity index (χ3n) is 2.61. The first-order valence-electron chi connectivity index (χ1n) is 6.46. The average molecular weight is 307 g/mol. The van der Waals surface area contributed by atoms with Gasteiger partial charge < -0.3 is 0 Å². The Labute approximate surface area is 97.9 Å². The van der Waals surface area contributed by atoms with Gasteiger partial charge in [0.15, 0.2) is 0 Å².